The molecule has 1 spiro atoms. The third-order valence-electron chi connectivity index (χ3n) is 3.93. The summed E-state index contributed by atoms with van der Waals surface area (Å²) in [5.74, 6) is -0.964. The summed E-state index contributed by atoms with van der Waals surface area (Å²) in [5, 5.41) is 13.0. The van der Waals surface area contributed by atoms with Gasteiger partial charge in [0.15, 0.2) is 5.69 Å². The molecule has 0 radical (unpaired) electrons. The molecular weight excluding hydrogens is 220 g/mol. The fourth-order valence-electron chi connectivity index (χ4n) is 2.80. The molecule has 1 unspecified atom stereocenters. The highest BCUT2D eigenvalue weighted by atomic mass is 16.5. The molecule has 1 aliphatic heterocycles. The van der Waals surface area contributed by atoms with E-state index in [2.05, 4.69) is 5.10 Å². The lowest BCUT2D eigenvalue weighted by Gasteiger charge is -2.47. The maximum atomic E-state index is 10.8. The summed E-state index contributed by atoms with van der Waals surface area (Å²) >= 11 is 0. The van der Waals surface area contributed by atoms with Gasteiger partial charge in [-0.15, -0.1) is 0 Å². The normalized spacial score (nSPS) is 26.7. The van der Waals surface area contributed by atoms with Crippen LogP contribution in [-0.4, -0.2) is 33.1 Å². The molecule has 1 atom stereocenters. The van der Waals surface area contributed by atoms with Crippen LogP contribution in [0.15, 0.2) is 12.3 Å². The summed E-state index contributed by atoms with van der Waals surface area (Å²) in [5.41, 5.74) is 0.192. The molecule has 92 valence electrons. The number of nitrogens with zero attached hydrogens (tertiary/aromatic N) is 2. The van der Waals surface area contributed by atoms with E-state index in [1.165, 1.54) is 6.42 Å². The average molecular weight is 236 g/mol. The minimum absolute atomic E-state index is 0.0677. The Balaban J connectivity index is 1.76. The molecule has 1 aromatic heterocycles. The van der Waals surface area contributed by atoms with Gasteiger partial charge in [0.05, 0.1) is 11.6 Å². The van der Waals surface area contributed by atoms with Gasteiger partial charge < -0.3 is 9.84 Å². The summed E-state index contributed by atoms with van der Waals surface area (Å²) in [4.78, 5) is 10.8. The summed E-state index contributed by atoms with van der Waals surface area (Å²) in [6, 6.07) is 1.85. The number of aromatic carboxylic acids is 1. The number of hydrogen-bond donors (Lipinski definition) is 1. The SMILES string of the molecule is O=C(O)c1ccn(C2CCOC3(CCC3)C2)n1. The lowest BCUT2D eigenvalue weighted by Crippen LogP contribution is -2.46. The van der Waals surface area contributed by atoms with Gasteiger partial charge in [0.25, 0.3) is 0 Å². The van der Waals surface area contributed by atoms with E-state index in [1.54, 1.807) is 16.9 Å². The average Bonchev–Trinajstić information content (AvgIpc) is 2.76. The molecule has 5 nitrogen and oxygen atoms in total. The van der Waals surface area contributed by atoms with Crippen LogP contribution >= 0.6 is 0 Å². The molecule has 1 saturated carbocycles. The van der Waals surface area contributed by atoms with E-state index in [9.17, 15) is 4.79 Å². The summed E-state index contributed by atoms with van der Waals surface area (Å²) in [7, 11) is 0. The standard InChI is InChI=1S/C12H16N2O3/c15-11(16)10-2-6-14(13-10)9-3-7-17-12(8-9)4-1-5-12/h2,6,9H,1,3-5,7-8H2,(H,15,16). The summed E-state index contributed by atoms with van der Waals surface area (Å²) < 4.78 is 7.65. The van der Waals surface area contributed by atoms with E-state index in [-0.39, 0.29) is 17.3 Å². The Morgan fingerprint density at radius 3 is 3.00 bits per heavy atom. The second-order valence-electron chi connectivity index (χ2n) is 5.02. The van der Waals surface area contributed by atoms with Crippen LogP contribution in [0.5, 0.6) is 0 Å². The smallest absolute Gasteiger partial charge is 0.356 e. The Kier molecular flexibility index (Phi) is 2.43. The molecule has 1 N–H and O–H groups in total. The number of carbonyl (C=O) groups is 1. The van der Waals surface area contributed by atoms with Crippen LogP contribution < -0.4 is 0 Å². The van der Waals surface area contributed by atoms with Crippen molar-refractivity contribution in [3.05, 3.63) is 18.0 Å². The highest BCUT2D eigenvalue weighted by Gasteiger charge is 2.43. The highest BCUT2D eigenvalue weighted by molar-refractivity contribution is 5.85. The Morgan fingerprint density at radius 2 is 2.41 bits per heavy atom. The molecule has 0 aromatic carbocycles. The van der Waals surface area contributed by atoms with Crippen molar-refractivity contribution in [2.45, 2.75) is 43.7 Å². The van der Waals surface area contributed by atoms with E-state index in [0.717, 1.165) is 32.3 Å². The van der Waals surface area contributed by atoms with Gasteiger partial charge in [-0.05, 0) is 38.2 Å². The van der Waals surface area contributed by atoms with Gasteiger partial charge in [0.1, 0.15) is 0 Å². The van der Waals surface area contributed by atoms with E-state index in [0.29, 0.717) is 0 Å². The molecule has 1 aromatic rings. The van der Waals surface area contributed by atoms with E-state index in [4.69, 9.17) is 9.84 Å². The van der Waals surface area contributed by atoms with Gasteiger partial charge in [-0.2, -0.15) is 5.10 Å². The zero-order valence-electron chi connectivity index (χ0n) is 9.63. The molecule has 1 aliphatic carbocycles. The van der Waals surface area contributed by atoms with E-state index >= 15 is 0 Å². The number of aromatic nitrogens is 2. The molecule has 2 heterocycles. The van der Waals surface area contributed by atoms with Gasteiger partial charge in [-0.3, -0.25) is 4.68 Å². The Bertz CT molecular complexity index is 437. The van der Waals surface area contributed by atoms with E-state index in [1.807, 2.05) is 0 Å². The Hall–Kier alpha value is -1.36. The second-order valence-corrected chi connectivity index (χ2v) is 5.02. The van der Waals surface area contributed by atoms with Crippen molar-refractivity contribution in [1.82, 2.24) is 9.78 Å². The van der Waals surface area contributed by atoms with Crippen LogP contribution in [0.25, 0.3) is 0 Å². The molecule has 0 bridgehead atoms. The Morgan fingerprint density at radius 1 is 1.59 bits per heavy atom. The molecule has 2 aliphatic rings. The molecule has 17 heavy (non-hydrogen) atoms. The third-order valence-corrected chi connectivity index (χ3v) is 3.93. The van der Waals surface area contributed by atoms with Gasteiger partial charge in [-0.25, -0.2) is 4.79 Å². The predicted octanol–water partition coefficient (Wildman–Crippen LogP) is 1.86. The minimum Gasteiger partial charge on any atom is -0.476 e. The fraction of sp³-hybridized carbons (Fsp3) is 0.667. The number of ether oxygens (including phenoxy) is 1. The van der Waals surface area contributed by atoms with Crippen molar-refractivity contribution in [2.24, 2.45) is 0 Å². The number of carboxylic acid groups (broad SMARTS) is 1. The molecule has 0 amide bonds. The van der Waals surface area contributed by atoms with Crippen molar-refractivity contribution in [2.75, 3.05) is 6.61 Å². The molecule has 3 rings (SSSR count). The van der Waals surface area contributed by atoms with Crippen LogP contribution in [0, 0.1) is 0 Å². The first-order chi connectivity index (χ1) is 8.19. The fourth-order valence-corrected chi connectivity index (χ4v) is 2.80. The van der Waals surface area contributed by atoms with E-state index < -0.39 is 5.97 Å². The molecule has 1 saturated heterocycles. The molecular formula is C12H16N2O3. The van der Waals surface area contributed by atoms with Crippen molar-refractivity contribution >= 4 is 5.97 Å². The lowest BCUT2D eigenvalue weighted by atomic mass is 9.74. The van der Waals surface area contributed by atoms with Gasteiger partial charge in [-0.1, -0.05) is 0 Å². The first-order valence-corrected chi connectivity index (χ1v) is 6.11. The first kappa shape index (κ1) is 10.8. The second kappa shape index (κ2) is 3.84. The van der Waals surface area contributed by atoms with Crippen molar-refractivity contribution in [1.29, 1.82) is 0 Å². The monoisotopic (exact) mass is 236 g/mol. The predicted molar refractivity (Wildman–Crippen MR) is 60.0 cm³/mol. The van der Waals surface area contributed by atoms with Crippen LogP contribution in [0.3, 0.4) is 0 Å². The van der Waals surface area contributed by atoms with Crippen LogP contribution in [0.2, 0.25) is 0 Å². The van der Waals surface area contributed by atoms with Crippen molar-refractivity contribution in [3.8, 4) is 0 Å². The maximum absolute atomic E-state index is 10.8. The van der Waals surface area contributed by atoms with Gasteiger partial charge in [0, 0.05) is 12.8 Å². The zero-order chi connectivity index (χ0) is 11.9. The maximum Gasteiger partial charge on any atom is 0.356 e. The topological polar surface area (TPSA) is 64.3 Å². The van der Waals surface area contributed by atoms with Crippen LogP contribution in [0.1, 0.15) is 48.6 Å². The van der Waals surface area contributed by atoms with Crippen molar-refractivity contribution < 1.29 is 14.6 Å². The zero-order valence-corrected chi connectivity index (χ0v) is 9.63. The molecule has 2 fully saturated rings. The van der Waals surface area contributed by atoms with Gasteiger partial charge >= 0.3 is 5.97 Å². The number of hydrogen-bond acceptors (Lipinski definition) is 3. The van der Waals surface area contributed by atoms with Gasteiger partial charge in [0.2, 0.25) is 0 Å². The highest BCUT2D eigenvalue weighted by Crippen LogP contribution is 2.45. The first-order valence-electron chi connectivity index (χ1n) is 6.11. The summed E-state index contributed by atoms with van der Waals surface area (Å²) in [6.07, 6.45) is 7.17. The lowest BCUT2D eigenvalue weighted by molar-refractivity contribution is -0.141. The van der Waals surface area contributed by atoms with Crippen LogP contribution in [0.4, 0.5) is 0 Å². The number of rotatable bonds is 2. The largest absolute Gasteiger partial charge is 0.476 e. The molecule has 5 heteroatoms. The summed E-state index contributed by atoms with van der Waals surface area (Å²) in [6.45, 7) is 0.757. The Labute approximate surface area is 99.4 Å². The minimum atomic E-state index is -0.964. The quantitative estimate of drug-likeness (QED) is 0.851. The van der Waals surface area contributed by atoms with Crippen LogP contribution in [-0.2, 0) is 4.74 Å². The number of carboxylic acids is 1. The van der Waals surface area contributed by atoms with Crippen molar-refractivity contribution in [3.63, 3.8) is 0 Å². The third kappa shape index (κ3) is 1.84.